The summed E-state index contributed by atoms with van der Waals surface area (Å²) in [7, 11) is 1.60. The summed E-state index contributed by atoms with van der Waals surface area (Å²) in [6, 6.07) is 9.93. The largest absolute Gasteiger partial charge is 0.396 e. The first-order valence-electron chi connectivity index (χ1n) is 16.0. The number of hydrogen-bond acceptors (Lipinski definition) is 6. The Bertz CT molecular complexity index is 1210. The number of aliphatic hydroxyl groups is 1. The second-order valence-electron chi connectivity index (χ2n) is 12.0. The normalized spacial score (nSPS) is 23.5. The van der Waals surface area contributed by atoms with Crippen molar-refractivity contribution in [3.05, 3.63) is 63.6 Å². The van der Waals surface area contributed by atoms with E-state index in [0.29, 0.717) is 57.0 Å². The van der Waals surface area contributed by atoms with Gasteiger partial charge in [0.25, 0.3) is 0 Å². The lowest BCUT2D eigenvalue weighted by Gasteiger charge is -2.57. The molecular weight excluding hydrogens is 609 g/mol. The zero-order chi connectivity index (χ0) is 31.7. The summed E-state index contributed by atoms with van der Waals surface area (Å²) in [5, 5.41) is 10.3. The molecule has 2 saturated heterocycles. The van der Waals surface area contributed by atoms with Gasteiger partial charge >= 0.3 is 0 Å². The lowest BCUT2D eigenvalue weighted by molar-refractivity contribution is -0.276. The maximum Gasteiger partial charge on any atom is 0.200 e. The van der Waals surface area contributed by atoms with E-state index < -0.39 is 17.4 Å². The van der Waals surface area contributed by atoms with Crippen LogP contribution in [0.4, 0.5) is 14.5 Å². The molecule has 2 aromatic carbocycles. The van der Waals surface area contributed by atoms with Crippen LogP contribution < -0.4 is 4.90 Å². The smallest absolute Gasteiger partial charge is 0.200 e. The minimum absolute atomic E-state index is 0.00187. The average Bonchev–Trinajstić information content (AvgIpc) is 3.04. The summed E-state index contributed by atoms with van der Waals surface area (Å²) in [4.78, 5) is 4.63. The number of likely N-dealkylation sites (tertiary alicyclic amines) is 1. The van der Waals surface area contributed by atoms with E-state index in [0.717, 1.165) is 45.2 Å². The molecule has 246 valence electrons. The highest BCUT2D eigenvalue weighted by Crippen LogP contribution is 2.47. The molecule has 0 radical (unpaired) electrons. The highest BCUT2D eigenvalue weighted by molar-refractivity contribution is 6.31. The first-order chi connectivity index (χ1) is 21.3. The molecule has 0 aliphatic carbocycles. The van der Waals surface area contributed by atoms with Crippen molar-refractivity contribution in [1.29, 1.82) is 0 Å². The number of hydrogen-bond donors (Lipinski definition) is 1. The number of ether oxygens (including phenoxy) is 3. The van der Waals surface area contributed by atoms with E-state index >= 15 is 4.39 Å². The van der Waals surface area contributed by atoms with Crippen LogP contribution in [0.2, 0.25) is 10.0 Å². The molecule has 2 heterocycles. The molecule has 0 amide bonds. The van der Waals surface area contributed by atoms with Crippen molar-refractivity contribution in [3.8, 4) is 0 Å². The molecule has 2 aliphatic heterocycles. The minimum Gasteiger partial charge on any atom is -0.396 e. The number of methoxy groups -OCH3 is 1. The predicted octanol–water partition coefficient (Wildman–Crippen LogP) is 7.67. The van der Waals surface area contributed by atoms with Crippen molar-refractivity contribution in [1.82, 2.24) is 4.90 Å². The van der Waals surface area contributed by atoms with Gasteiger partial charge in [0.05, 0.1) is 22.3 Å². The monoisotopic (exact) mass is 656 g/mol. The zero-order valence-electron chi connectivity index (χ0n) is 26.3. The molecule has 2 aliphatic rings. The molecule has 2 fully saturated rings. The van der Waals surface area contributed by atoms with Gasteiger partial charge in [-0.05, 0) is 76.1 Å². The second kappa shape index (κ2) is 16.3. The Hall–Kier alpha value is -1.52. The maximum absolute atomic E-state index is 15.3. The molecular formula is C34H48Cl2F2N2O4. The van der Waals surface area contributed by atoms with Crippen LogP contribution in [-0.4, -0.2) is 75.3 Å². The highest BCUT2D eigenvalue weighted by Gasteiger charge is 2.52. The minimum atomic E-state index is -1.28. The molecule has 0 saturated carbocycles. The number of piperidine rings is 2. The van der Waals surface area contributed by atoms with E-state index in [2.05, 4.69) is 16.7 Å². The Morgan fingerprint density at radius 2 is 1.89 bits per heavy atom. The zero-order valence-corrected chi connectivity index (χ0v) is 27.8. The van der Waals surface area contributed by atoms with Gasteiger partial charge in [-0.15, -0.1) is 0 Å². The fourth-order valence-corrected chi connectivity index (χ4v) is 8.04. The van der Waals surface area contributed by atoms with Gasteiger partial charge in [-0.25, -0.2) is 8.78 Å². The quantitative estimate of drug-likeness (QED) is 0.157. The van der Waals surface area contributed by atoms with Gasteiger partial charge < -0.3 is 24.2 Å². The van der Waals surface area contributed by atoms with Gasteiger partial charge in [-0.1, -0.05) is 54.7 Å². The van der Waals surface area contributed by atoms with Crippen LogP contribution in [0.1, 0.15) is 64.4 Å². The number of halogens is 4. The number of aliphatic hydroxyl groups excluding tert-OH is 1. The SMILES string of the molecule is CCOCCCO[C@@](OC)(c1cccc(F)c1Cl)[C@@H]1CCCN([C@@]2([C@@H](CC)CCO)CCCN(c3cccc(Cl)c3F)C2)C1. The summed E-state index contributed by atoms with van der Waals surface area (Å²) < 4.78 is 48.6. The molecule has 6 nitrogen and oxygen atoms in total. The fraction of sp³-hybridized carbons (Fsp3) is 0.647. The molecule has 0 spiro atoms. The molecule has 4 atom stereocenters. The first-order valence-corrected chi connectivity index (χ1v) is 16.8. The van der Waals surface area contributed by atoms with Gasteiger partial charge in [0.15, 0.2) is 11.6 Å². The Labute approximate surface area is 271 Å². The average molecular weight is 658 g/mol. The molecule has 1 N–H and O–H groups in total. The summed E-state index contributed by atoms with van der Waals surface area (Å²) in [6.45, 7) is 8.48. The van der Waals surface area contributed by atoms with Crippen LogP contribution in [0.15, 0.2) is 36.4 Å². The van der Waals surface area contributed by atoms with E-state index in [1.807, 2.05) is 6.92 Å². The third kappa shape index (κ3) is 7.38. The number of anilines is 1. The second-order valence-corrected chi connectivity index (χ2v) is 12.8. The molecule has 2 aromatic rings. The molecule has 4 rings (SSSR count). The van der Waals surface area contributed by atoms with Crippen molar-refractivity contribution < 1.29 is 28.1 Å². The number of rotatable bonds is 15. The van der Waals surface area contributed by atoms with Crippen LogP contribution in [0.3, 0.4) is 0 Å². The Morgan fingerprint density at radius 3 is 2.61 bits per heavy atom. The number of benzene rings is 2. The summed E-state index contributed by atoms with van der Waals surface area (Å²) in [5.41, 5.74) is 0.639. The lowest BCUT2D eigenvalue weighted by atomic mass is 9.71. The Morgan fingerprint density at radius 1 is 1.09 bits per heavy atom. The van der Waals surface area contributed by atoms with Crippen LogP contribution in [0, 0.1) is 23.5 Å². The summed E-state index contributed by atoms with van der Waals surface area (Å²) >= 11 is 12.8. The van der Waals surface area contributed by atoms with Crippen LogP contribution in [0.25, 0.3) is 0 Å². The predicted molar refractivity (Wildman–Crippen MR) is 173 cm³/mol. The fourth-order valence-electron chi connectivity index (χ4n) is 7.61. The summed E-state index contributed by atoms with van der Waals surface area (Å²) in [6.07, 6.45) is 5.60. The lowest BCUT2D eigenvalue weighted by Crippen LogP contribution is -2.66. The van der Waals surface area contributed by atoms with Crippen molar-refractivity contribution in [3.63, 3.8) is 0 Å². The summed E-state index contributed by atoms with van der Waals surface area (Å²) in [5.74, 6) is -2.21. The van der Waals surface area contributed by atoms with E-state index in [1.54, 1.807) is 37.4 Å². The van der Waals surface area contributed by atoms with Crippen molar-refractivity contribution in [2.75, 3.05) is 64.6 Å². The molecule has 0 aromatic heterocycles. The molecule has 0 unspecified atom stereocenters. The van der Waals surface area contributed by atoms with E-state index in [4.69, 9.17) is 37.4 Å². The first kappa shape index (κ1) is 35.3. The van der Waals surface area contributed by atoms with E-state index in [1.165, 1.54) is 6.07 Å². The Balaban J connectivity index is 1.73. The van der Waals surface area contributed by atoms with E-state index in [9.17, 15) is 9.50 Å². The van der Waals surface area contributed by atoms with Crippen LogP contribution >= 0.6 is 23.2 Å². The standard InChI is InChI=1S/C34H48Cl2F2N2O4/c1-4-25(16-20-41)33(17-9-18-39(24-33)30-15-7-13-28(35)32(30)38)40-19-8-11-26(23-40)34(42-3,44-22-10-21-43-5-2)27-12-6-14-29(37)31(27)36/h6-7,12-15,25-26,41H,4-5,8-11,16-24H2,1-3H3/t25-,26+,33-,34+/m0/s1. The van der Waals surface area contributed by atoms with Gasteiger partial charge in [-0.2, -0.15) is 0 Å². The van der Waals surface area contributed by atoms with Gasteiger partial charge in [0.2, 0.25) is 0 Å². The third-order valence-corrected chi connectivity index (χ3v) is 10.4. The van der Waals surface area contributed by atoms with E-state index in [-0.39, 0.29) is 34.0 Å². The van der Waals surface area contributed by atoms with Crippen molar-refractivity contribution in [2.24, 2.45) is 11.8 Å². The van der Waals surface area contributed by atoms with Crippen LogP contribution in [-0.2, 0) is 20.0 Å². The van der Waals surface area contributed by atoms with Crippen LogP contribution in [0.5, 0.6) is 0 Å². The molecule has 10 heteroatoms. The molecule has 0 bridgehead atoms. The molecule has 44 heavy (non-hydrogen) atoms. The maximum atomic E-state index is 15.3. The topological polar surface area (TPSA) is 54.4 Å². The van der Waals surface area contributed by atoms with Crippen molar-refractivity contribution in [2.45, 2.75) is 70.1 Å². The van der Waals surface area contributed by atoms with Gasteiger partial charge in [0.1, 0.15) is 5.82 Å². The third-order valence-electron chi connectivity index (χ3n) is 9.68. The Kier molecular flexibility index (Phi) is 13.1. The van der Waals surface area contributed by atoms with Gasteiger partial charge in [-0.3, -0.25) is 4.90 Å². The highest BCUT2D eigenvalue weighted by atomic mass is 35.5. The van der Waals surface area contributed by atoms with Crippen molar-refractivity contribution >= 4 is 28.9 Å². The van der Waals surface area contributed by atoms with Gasteiger partial charge in [0, 0.05) is 63.6 Å². The number of nitrogens with zero attached hydrogens (tertiary/aromatic N) is 2.